The molecule has 15 heavy (non-hydrogen) atoms. The summed E-state index contributed by atoms with van der Waals surface area (Å²) >= 11 is 0. The maximum atomic E-state index is 10.3. The molecule has 0 saturated carbocycles. The van der Waals surface area contributed by atoms with Crippen molar-refractivity contribution in [3.63, 3.8) is 0 Å². The molecule has 1 unspecified atom stereocenters. The highest BCUT2D eigenvalue weighted by Gasteiger charge is 2.08. The van der Waals surface area contributed by atoms with Crippen LogP contribution < -0.4 is 9.84 Å². The molecule has 0 saturated heterocycles. The third kappa shape index (κ3) is 3.27. The van der Waals surface area contributed by atoms with Gasteiger partial charge >= 0.3 is 0 Å². The molecule has 0 aliphatic carbocycles. The summed E-state index contributed by atoms with van der Waals surface area (Å²) < 4.78 is 5.16. The van der Waals surface area contributed by atoms with E-state index in [2.05, 4.69) is 13.8 Å². The van der Waals surface area contributed by atoms with Crippen LogP contribution >= 0.6 is 0 Å². The Morgan fingerprint density at radius 3 is 2.73 bits per heavy atom. The van der Waals surface area contributed by atoms with Crippen LogP contribution in [0.15, 0.2) is 24.3 Å². The SMILES string of the molecule is CCC(C)c1ccccc1OCC(=O)[O-]. The number of para-hydroxylation sites is 1. The van der Waals surface area contributed by atoms with Gasteiger partial charge in [-0.25, -0.2) is 0 Å². The molecule has 0 aliphatic rings. The number of benzene rings is 1. The number of ether oxygens (including phenoxy) is 1. The van der Waals surface area contributed by atoms with Gasteiger partial charge in [0.05, 0.1) is 5.97 Å². The van der Waals surface area contributed by atoms with Gasteiger partial charge in [-0.05, 0) is 24.0 Å². The van der Waals surface area contributed by atoms with E-state index in [0.717, 1.165) is 12.0 Å². The summed E-state index contributed by atoms with van der Waals surface area (Å²) in [6.07, 6.45) is 0.992. The van der Waals surface area contributed by atoms with Gasteiger partial charge in [-0.15, -0.1) is 0 Å². The number of carboxylic acid groups (broad SMARTS) is 1. The first kappa shape index (κ1) is 11.6. The van der Waals surface area contributed by atoms with Gasteiger partial charge in [-0.3, -0.25) is 0 Å². The van der Waals surface area contributed by atoms with Crippen LogP contribution in [0.2, 0.25) is 0 Å². The topological polar surface area (TPSA) is 49.4 Å². The van der Waals surface area contributed by atoms with Crippen molar-refractivity contribution in [1.29, 1.82) is 0 Å². The summed E-state index contributed by atoms with van der Waals surface area (Å²) in [5.41, 5.74) is 1.04. The Hall–Kier alpha value is -1.51. The smallest absolute Gasteiger partial charge is 0.128 e. The van der Waals surface area contributed by atoms with Gasteiger partial charge in [0, 0.05) is 0 Å². The predicted octanol–water partition coefficient (Wildman–Crippen LogP) is 1.33. The fraction of sp³-hybridized carbons (Fsp3) is 0.417. The quantitative estimate of drug-likeness (QED) is 0.731. The first-order valence-corrected chi connectivity index (χ1v) is 5.06. The normalized spacial score (nSPS) is 12.1. The first-order valence-electron chi connectivity index (χ1n) is 5.06. The highest BCUT2D eigenvalue weighted by Crippen LogP contribution is 2.28. The Balaban J connectivity index is 2.81. The Morgan fingerprint density at radius 2 is 2.13 bits per heavy atom. The lowest BCUT2D eigenvalue weighted by molar-refractivity contribution is -0.307. The van der Waals surface area contributed by atoms with Gasteiger partial charge in [0.15, 0.2) is 0 Å². The second-order valence-electron chi connectivity index (χ2n) is 3.51. The lowest BCUT2D eigenvalue weighted by Gasteiger charge is -2.15. The standard InChI is InChI=1S/C12H16O3/c1-3-9(2)10-6-4-5-7-11(10)15-8-12(13)14/h4-7,9H,3,8H2,1-2H3,(H,13,14)/p-1. The number of hydrogen-bond donors (Lipinski definition) is 0. The molecule has 0 spiro atoms. The van der Waals surface area contributed by atoms with Gasteiger partial charge in [-0.1, -0.05) is 32.0 Å². The molecular weight excluding hydrogens is 192 g/mol. The fourth-order valence-corrected chi connectivity index (χ4v) is 1.38. The highest BCUT2D eigenvalue weighted by molar-refractivity contribution is 5.66. The van der Waals surface area contributed by atoms with Crippen molar-refractivity contribution >= 4 is 5.97 Å². The molecule has 0 radical (unpaired) electrons. The van der Waals surface area contributed by atoms with Crippen LogP contribution in [0, 0.1) is 0 Å². The van der Waals surface area contributed by atoms with Crippen molar-refractivity contribution in [3.8, 4) is 5.75 Å². The lowest BCUT2D eigenvalue weighted by Crippen LogP contribution is -2.29. The molecule has 1 aromatic rings. The van der Waals surface area contributed by atoms with Crippen LogP contribution in [0.3, 0.4) is 0 Å². The van der Waals surface area contributed by atoms with Crippen molar-refractivity contribution < 1.29 is 14.6 Å². The number of hydrogen-bond acceptors (Lipinski definition) is 3. The number of carboxylic acids is 1. The zero-order chi connectivity index (χ0) is 11.3. The summed E-state index contributed by atoms with van der Waals surface area (Å²) in [5, 5.41) is 10.3. The second-order valence-corrected chi connectivity index (χ2v) is 3.51. The van der Waals surface area contributed by atoms with E-state index in [9.17, 15) is 9.90 Å². The Bertz CT molecular complexity index is 333. The zero-order valence-electron chi connectivity index (χ0n) is 9.03. The van der Waals surface area contributed by atoms with E-state index in [1.54, 1.807) is 6.07 Å². The van der Waals surface area contributed by atoms with Crippen molar-refractivity contribution in [1.82, 2.24) is 0 Å². The van der Waals surface area contributed by atoms with Crippen LogP contribution in [0.25, 0.3) is 0 Å². The first-order chi connectivity index (χ1) is 7.15. The van der Waals surface area contributed by atoms with Crippen molar-refractivity contribution in [3.05, 3.63) is 29.8 Å². The summed E-state index contributed by atoms with van der Waals surface area (Å²) in [4.78, 5) is 10.3. The van der Waals surface area contributed by atoms with Gasteiger partial charge in [-0.2, -0.15) is 0 Å². The minimum Gasteiger partial charge on any atom is -0.546 e. The summed E-state index contributed by atoms with van der Waals surface area (Å²) in [5.74, 6) is -0.201. The second kappa shape index (κ2) is 5.39. The molecule has 1 rings (SSSR count). The van der Waals surface area contributed by atoms with Gasteiger partial charge in [0.2, 0.25) is 0 Å². The fourth-order valence-electron chi connectivity index (χ4n) is 1.38. The van der Waals surface area contributed by atoms with Gasteiger partial charge < -0.3 is 14.6 Å². The van der Waals surface area contributed by atoms with E-state index in [1.165, 1.54) is 0 Å². The average Bonchev–Trinajstić information content (AvgIpc) is 2.25. The molecule has 1 atom stereocenters. The monoisotopic (exact) mass is 207 g/mol. The Labute approximate surface area is 89.7 Å². The van der Waals surface area contributed by atoms with Crippen LogP contribution in [0.5, 0.6) is 5.75 Å². The van der Waals surface area contributed by atoms with Crippen LogP contribution in [0.4, 0.5) is 0 Å². The number of rotatable bonds is 5. The Morgan fingerprint density at radius 1 is 1.47 bits per heavy atom. The van der Waals surface area contributed by atoms with E-state index in [-0.39, 0.29) is 0 Å². The minimum absolute atomic E-state index is 0.364. The lowest BCUT2D eigenvalue weighted by atomic mass is 9.98. The van der Waals surface area contributed by atoms with Crippen molar-refractivity contribution in [2.75, 3.05) is 6.61 Å². The molecule has 0 heterocycles. The molecule has 0 N–H and O–H groups in total. The largest absolute Gasteiger partial charge is 0.546 e. The van der Waals surface area contributed by atoms with E-state index in [1.807, 2.05) is 18.2 Å². The van der Waals surface area contributed by atoms with Gasteiger partial charge in [0.25, 0.3) is 0 Å². The molecule has 1 aromatic carbocycles. The minimum atomic E-state index is -1.20. The third-order valence-electron chi connectivity index (χ3n) is 2.41. The molecule has 0 fully saturated rings. The average molecular weight is 207 g/mol. The van der Waals surface area contributed by atoms with Crippen LogP contribution in [-0.4, -0.2) is 12.6 Å². The number of carbonyl (C=O) groups excluding carboxylic acids is 1. The maximum absolute atomic E-state index is 10.3. The molecule has 3 heteroatoms. The van der Waals surface area contributed by atoms with E-state index < -0.39 is 12.6 Å². The predicted molar refractivity (Wildman–Crippen MR) is 55.7 cm³/mol. The summed E-state index contributed by atoms with van der Waals surface area (Å²) in [6.45, 7) is 3.77. The molecule has 0 aromatic heterocycles. The number of aliphatic carboxylic acids is 1. The van der Waals surface area contributed by atoms with E-state index in [0.29, 0.717) is 11.7 Å². The van der Waals surface area contributed by atoms with Crippen molar-refractivity contribution in [2.24, 2.45) is 0 Å². The molecule has 82 valence electrons. The van der Waals surface area contributed by atoms with Crippen LogP contribution in [0.1, 0.15) is 31.7 Å². The van der Waals surface area contributed by atoms with Crippen molar-refractivity contribution in [2.45, 2.75) is 26.2 Å². The molecule has 0 bridgehead atoms. The zero-order valence-corrected chi connectivity index (χ0v) is 9.03. The molecule has 0 aliphatic heterocycles. The highest BCUT2D eigenvalue weighted by atomic mass is 16.5. The summed E-state index contributed by atoms with van der Waals surface area (Å²) in [7, 11) is 0. The maximum Gasteiger partial charge on any atom is 0.128 e. The third-order valence-corrected chi connectivity index (χ3v) is 2.41. The van der Waals surface area contributed by atoms with Gasteiger partial charge in [0.1, 0.15) is 12.4 Å². The van der Waals surface area contributed by atoms with E-state index >= 15 is 0 Å². The Kier molecular flexibility index (Phi) is 4.16. The van der Waals surface area contributed by atoms with E-state index in [4.69, 9.17) is 4.74 Å². The molecular formula is C12H15O3-. The van der Waals surface area contributed by atoms with Crippen LogP contribution in [-0.2, 0) is 4.79 Å². The molecule has 0 amide bonds. The molecule has 3 nitrogen and oxygen atoms in total. The summed E-state index contributed by atoms with van der Waals surface area (Å²) in [6, 6.07) is 7.49. The number of carbonyl (C=O) groups is 1.